The lowest BCUT2D eigenvalue weighted by molar-refractivity contribution is -0.112. The Kier molecular flexibility index (Phi) is 5.33. The number of anilines is 2. The van der Waals surface area contributed by atoms with E-state index in [1.165, 1.54) is 12.1 Å². The van der Waals surface area contributed by atoms with E-state index in [0.717, 1.165) is 16.7 Å². The summed E-state index contributed by atoms with van der Waals surface area (Å²) in [5, 5.41) is 2.64. The molecule has 0 aliphatic rings. The van der Waals surface area contributed by atoms with Gasteiger partial charge in [-0.15, -0.1) is 0 Å². The average Bonchev–Trinajstić information content (AvgIpc) is 2.51. The van der Waals surface area contributed by atoms with Crippen molar-refractivity contribution in [2.24, 2.45) is 0 Å². The molecule has 0 aromatic heterocycles. The van der Waals surface area contributed by atoms with Crippen LogP contribution in [0.2, 0.25) is 0 Å². The van der Waals surface area contributed by atoms with Gasteiger partial charge in [-0.1, -0.05) is 24.3 Å². The number of amides is 1. The lowest BCUT2D eigenvalue weighted by Crippen LogP contribution is -2.15. The molecule has 0 fully saturated rings. The molecule has 2 aromatic carbocycles. The Morgan fingerprint density at radius 3 is 2.00 bits per heavy atom. The van der Waals surface area contributed by atoms with Gasteiger partial charge in [0.2, 0.25) is 0 Å². The molecule has 0 spiro atoms. The SMILES string of the molecule is C=C(C)C(=O)Nc1ccc(S(=O)(=O)Nc2c(C)cc(C)cc2C)cc1. The van der Waals surface area contributed by atoms with Gasteiger partial charge in [-0.25, -0.2) is 8.42 Å². The minimum Gasteiger partial charge on any atom is -0.322 e. The van der Waals surface area contributed by atoms with Crippen molar-refractivity contribution in [1.29, 1.82) is 0 Å². The van der Waals surface area contributed by atoms with Gasteiger partial charge in [0.1, 0.15) is 0 Å². The van der Waals surface area contributed by atoms with Crippen LogP contribution in [0.3, 0.4) is 0 Å². The van der Waals surface area contributed by atoms with Gasteiger partial charge in [-0.05, 0) is 63.1 Å². The van der Waals surface area contributed by atoms with E-state index in [0.29, 0.717) is 16.9 Å². The highest BCUT2D eigenvalue weighted by Gasteiger charge is 2.17. The summed E-state index contributed by atoms with van der Waals surface area (Å²) in [6.07, 6.45) is 0. The maximum atomic E-state index is 12.6. The first-order chi connectivity index (χ1) is 11.6. The molecule has 0 bridgehead atoms. The van der Waals surface area contributed by atoms with Crippen LogP contribution in [0.15, 0.2) is 53.4 Å². The first-order valence-electron chi connectivity index (χ1n) is 7.78. The molecule has 0 heterocycles. The van der Waals surface area contributed by atoms with E-state index in [2.05, 4.69) is 16.6 Å². The monoisotopic (exact) mass is 358 g/mol. The normalized spacial score (nSPS) is 11.0. The molecule has 2 rings (SSSR count). The first kappa shape index (κ1) is 18.7. The van der Waals surface area contributed by atoms with Crippen LogP contribution in [0.4, 0.5) is 11.4 Å². The molecule has 5 nitrogen and oxygen atoms in total. The molecule has 6 heteroatoms. The van der Waals surface area contributed by atoms with Crippen LogP contribution in [0.5, 0.6) is 0 Å². The summed E-state index contributed by atoms with van der Waals surface area (Å²) in [5.41, 5.74) is 4.29. The molecule has 25 heavy (non-hydrogen) atoms. The van der Waals surface area contributed by atoms with E-state index < -0.39 is 10.0 Å². The Balaban J connectivity index is 2.26. The zero-order valence-electron chi connectivity index (χ0n) is 14.8. The van der Waals surface area contributed by atoms with Gasteiger partial charge >= 0.3 is 0 Å². The van der Waals surface area contributed by atoms with Crippen LogP contribution >= 0.6 is 0 Å². The number of aryl methyl sites for hydroxylation is 3. The molecule has 0 atom stereocenters. The van der Waals surface area contributed by atoms with Crippen molar-refractivity contribution in [2.45, 2.75) is 32.6 Å². The van der Waals surface area contributed by atoms with Crippen molar-refractivity contribution >= 4 is 27.3 Å². The Labute approximate surface area is 148 Å². The third-order valence-corrected chi connectivity index (χ3v) is 5.09. The van der Waals surface area contributed by atoms with Crippen LogP contribution in [-0.2, 0) is 14.8 Å². The molecule has 1 amide bonds. The highest BCUT2D eigenvalue weighted by molar-refractivity contribution is 7.92. The lowest BCUT2D eigenvalue weighted by Gasteiger charge is -2.14. The number of benzene rings is 2. The van der Waals surface area contributed by atoms with Crippen LogP contribution in [0.1, 0.15) is 23.6 Å². The second kappa shape index (κ2) is 7.11. The molecule has 2 aromatic rings. The van der Waals surface area contributed by atoms with Crippen molar-refractivity contribution in [1.82, 2.24) is 0 Å². The van der Waals surface area contributed by atoms with Crippen molar-refractivity contribution in [2.75, 3.05) is 10.0 Å². The number of hydrogen-bond acceptors (Lipinski definition) is 3. The van der Waals surface area contributed by atoms with E-state index in [9.17, 15) is 13.2 Å². The topological polar surface area (TPSA) is 75.3 Å². The lowest BCUT2D eigenvalue weighted by atomic mass is 10.1. The maximum Gasteiger partial charge on any atom is 0.261 e. The molecule has 132 valence electrons. The minimum absolute atomic E-state index is 0.125. The Hall–Kier alpha value is -2.60. The fourth-order valence-electron chi connectivity index (χ4n) is 2.49. The van der Waals surface area contributed by atoms with Crippen LogP contribution in [0, 0.1) is 20.8 Å². The Bertz CT molecular complexity index is 907. The molecular formula is C19H22N2O3S. The molecule has 2 N–H and O–H groups in total. The summed E-state index contributed by atoms with van der Waals surface area (Å²) in [6.45, 7) is 10.9. The van der Waals surface area contributed by atoms with Gasteiger partial charge in [0, 0.05) is 11.3 Å². The van der Waals surface area contributed by atoms with Gasteiger partial charge in [0.25, 0.3) is 15.9 Å². The zero-order chi connectivity index (χ0) is 18.8. The maximum absolute atomic E-state index is 12.6. The van der Waals surface area contributed by atoms with E-state index >= 15 is 0 Å². The largest absolute Gasteiger partial charge is 0.322 e. The van der Waals surface area contributed by atoms with Crippen molar-refractivity contribution < 1.29 is 13.2 Å². The molecule has 0 aliphatic carbocycles. The summed E-state index contributed by atoms with van der Waals surface area (Å²) in [4.78, 5) is 11.7. The zero-order valence-corrected chi connectivity index (χ0v) is 15.6. The summed E-state index contributed by atoms with van der Waals surface area (Å²) in [5.74, 6) is -0.306. The second-order valence-electron chi connectivity index (χ2n) is 6.14. The van der Waals surface area contributed by atoms with E-state index in [1.807, 2.05) is 32.9 Å². The Morgan fingerprint density at radius 1 is 1.00 bits per heavy atom. The highest BCUT2D eigenvalue weighted by Crippen LogP contribution is 2.25. The van der Waals surface area contributed by atoms with E-state index in [1.54, 1.807) is 19.1 Å². The molecule has 0 saturated carbocycles. The summed E-state index contributed by atoms with van der Waals surface area (Å²) >= 11 is 0. The third-order valence-electron chi connectivity index (χ3n) is 3.72. The molecule has 0 unspecified atom stereocenters. The van der Waals surface area contributed by atoms with Crippen molar-refractivity contribution in [3.05, 3.63) is 65.2 Å². The second-order valence-corrected chi connectivity index (χ2v) is 7.82. The van der Waals surface area contributed by atoms with Gasteiger partial charge in [0.05, 0.1) is 10.6 Å². The van der Waals surface area contributed by atoms with Crippen LogP contribution in [0.25, 0.3) is 0 Å². The summed E-state index contributed by atoms with van der Waals surface area (Å²) in [6, 6.07) is 9.86. The number of nitrogens with one attached hydrogen (secondary N) is 2. The van der Waals surface area contributed by atoms with E-state index in [-0.39, 0.29) is 10.8 Å². The molecule has 0 radical (unpaired) electrons. The molecule has 0 saturated heterocycles. The standard InChI is InChI=1S/C19H22N2O3S/c1-12(2)19(22)20-16-6-8-17(9-7-16)25(23,24)21-18-14(4)10-13(3)11-15(18)5/h6-11,21H,1H2,2-5H3,(H,20,22). The quantitative estimate of drug-likeness (QED) is 0.795. The first-order valence-corrected chi connectivity index (χ1v) is 9.26. The van der Waals surface area contributed by atoms with Gasteiger partial charge in [-0.3, -0.25) is 9.52 Å². The predicted molar refractivity (Wildman–Crippen MR) is 101 cm³/mol. The van der Waals surface area contributed by atoms with Gasteiger partial charge in [-0.2, -0.15) is 0 Å². The Morgan fingerprint density at radius 2 is 1.52 bits per heavy atom. The van der Waals surface area contributed by atoms with Crippen molar-refractivity contribution in [3.8, 4) is 0 Å². The van der Waals surface area contributed by atoms with Gasteiger partial charge < -0.3 is 5.32 Å². The van der Waals surface area contributed by atoms with Crippen LogP contribution < -0.4 is 10.0 Å². The smallest absolute Gasteiger partial charge is 0.261 e. The number of carbonyl (C=O) groups excluding carboxylic acids is 1. The third kappa shape index (κ3) is 4.48. The number of carbonyl (C=O) groups is 1. The fraction of sp³-hybridized carbons (Fsp3) is 0.211. The fourth-order valence-corrected chi connectivity index (χ4v) is 3.69. The van der Waals surface area contributed by atoms with Gasteiger partial charge in [0.15, 0.2) is 0 Å². The average molecular weight is 358 g/mol. The number of sulfonamides is 1. The highest BCUT2D eigenvalue weighted by atomic mass is 32.2. The van der Waals surface area contributed by atoms with Crippen molar-refractivity contribution in [3.63, 3.8) is 0 Å². The number of rotatable bonds is 5. The molecule has 0 aliphatic heterocycles. The minimum atomic E-state index is -3.71. The summed E-state index contributed by atoms with van der Waals surface area (Å²) < 4.78 is 27.9. The predicted octanol–water partition coefficient (Wildman–Crippen LogP) is 3.93. The summed E-state index contributed by atoms with van der Waals surface area (Å²) in [7, 11) is -3.71. The number of hydrogen-bond donors (Lipinski definition) is 2. The van der Waals surface area contributed by atoms with E-state index in [4.69, 9.17) is 0 Å². The van der Waals surface area contributed by atoms with Crippen LogP contribution in [-0.4, -0.2) is 14.3 Å². The molecular weight excluding hydrogens is 336 g/mol.